The molecule has 0 aliphatic heterocycles. The Morgan fingerprint density at radius 3 is 2.55 bits per heavy atom. The van der Waals surface area contributed by atoms with Crippen LogP contribution in [0.4, 0.5) is 0 Å². The van der Waals surface area contributed by atoms with Gasteiger partial charge in [0.15, 0.2) is 0 Å². The smallest absolute Gasteiger partial charge is 0.255 e. The van der Waals surface area contributed by atoms with Gasteiger partial charge in [-0.05, 0) is 19.3 Å². The van der Waals surface area contributed by atoms with Crippen LogP contribution in [0.3, 0.4) is 0 Å². The van der Waals surface area contributed by atoms with Gasteiger partial charge in [-0.3, -0.25) is 4.79 Å². The van der Waals surface area contributed by atoms with Gasteiger partial charge in [0.05, 0.1) is 10.6 Å². The predicted molar refractivity (Wildman–Crippen MR) is 45.7 cm³/mol. The first-order chi connectivity index (χ1) is 5.11. The number of primary amides is 1. The third kappa shape index (κ3) is 3.67. The van der Waals surface area contributed by atoms with Gasteiger partial charge in [0, 0.05) is 0 Å². The molecule has 0 aromatic heterocycles. The van der Waals surface area contributed by atoms with Crippen molar-refractivity contribution < 1.29 is 10.0 Å². The van der Waals surface area contributed by atoms with E-state index in [1.807, 2.05) is 0 Å². The second kappa shape index (κ2) is 4.79. The van der Waals surface area contributed by atoms with Gasteiger partial charge < -0.3 is 10.9 Å². The highest BCUT2D eigenvalue weighted by Crippen LogP contribution is 2.09. The quantitative estimate of drug-likeness (QED) is 0.284. The molecule has 0 spiro atoms. The molecule has 0 aliphatic rings. The summed E-state index contributed by atoms with van der Waals surface area (Å²) in [5.41, 5.74) is 5.34. The Hall–Kier alpha value is -0.970. The number of carbonyl (C=O) groups excluding carboxylic acids is 1. The van der Waals surface area contributed by atoms with Crippen LogP contribution in [-0.2, 0) is 4.79 Å². The van der Waals surface area contributed by atoms with Crippen molar-refractivity contribution in [2.24, 2.45) is 10.9 Å². The third-order valence-electron chi connectivity index (χ3n) is 0.960. The van der Waals surface area contributed by atoms with E-state index in [1.165, 1.54) is 17.8 Å². The van der Waals surface area contributed by atoms with Crippen LogP contribution in [0.2, 0.25) is 0 Å². The van der Waals surface area contributed by atoms with Gasteiger partial charge in [0.2, 0.25) is 0 Å². The number of hydrogen-bond acceptors (Lipinski definition) is 4. The van der Waals surface area contributed by atoms with Crippen LogP contribution < -0.4 is 5.73 Å². The van der Waals surface area contributed by atoms with Crippen LogP contribution in [0.25, 0.3) is 0 Å². The summed E-state index contributed by atoms with van der Waals surface area (Å²) in [6.07, 6.45) is 3.15. The predicted octanol–water partition coefficient (Wildman–Crippen LogP) is 0.569. The fraction of sp³-hybridized carbons (Fsp3) is 0.333. The fourth-order valence-corrected chi connectivity index (χ4v) is 0.939. The summed E-state index contributed by atoms with van der Waals surface area (Å²) in [5.74, 6) is -0.513. The van der Waals surface area contributed by atoms with Gasteiger partial charge in [0.25, 0.3) is 5.91 Å². The van der Waals surface area contributed by atoms with E-state index in [0.29, 0.717) is 10.6 Å². The lowest BCUT2D eigenvalue weighted by Crippen LogP contribution is -2.12. The minimum absolute atomic E-state index is 0.355. The van der Waals surface area contributed by atoms with Gasteiger partial charge in [-0.25, -0.2) is 0 Å². The number of rotatable bonds is 3. The highest BCUT2D eigenvalue weighted by Gasteiger charge is 2.02. The molecule has 0 aromatic carbocycles. The Morgan fingerprint density at radius 1 is 1.73 bits per heavy atom. The summed E-state index contributed by atoms with van der Waals surface area (Å²) in [7, 11) is 0. The molecule has 4 nitrogen and oxygen atoms in total. The fourth-order valence-electron chi connectivity index (χ4n) is 0.449. The number of amides is 1. The Labute approximate surface area is 69.1 Å². The van der Waals surface area contributed by atoms with Crippen molar-refractivity contribution in [1.82, 2.24) is 0 Å². The average molecular weight is 174 g/mol. The van der Waals surface area contributed by atoms with Crippen LogP contribution in [0.5, 0.6) is 0 Å². The molecule has 62 valence electrons. The summed E-state index contributed by atoms with van der Waals surface area (Å²) in [4.78, 5) is 11.0. The molecule has 0 saturated carbocycles. The molecule has 11 heavy (non-hydrogen) atoms. The van der Waals surface area contributed by atoms with Crippen molar-refractivity contribution in [3.63, 3.8) is 0 Å². The maximum absolute atomic E-state index is 10.6. The Balaban J connectivity index is 4.49. The Bertz CT molecular complexity index is 211. The Morgan fingerprint density at radius 2 is 2.27 bits per heavy atom. The number of thioether (sulfide) groups is 1. The molecule has 0 rings (SSSR count). The van der Waals surface area contributed by atoms with Gasteiger partial charge in [-0.15, -0.1) is 11.8 Å². The zero-order valence-corrected chi connectivity index (χ0v) is 7.18. The molecular weight excluding hydrogens is 164 g/mol. The van der Waals surface area contributed by atoms with Gasteiger partial charge in [0.1, 0.15) is 0 Å². The minimum atomic E-state index is -0.513. The van der Waals surface area contributed by atoms with Gasteiger partial charge >= 0.3 is 0 Å². The van der Waals surface area contributed by atoms with E-state index >= 15 is 0 Å². The normalized spacial score (nSPS) is 13.3. The molecule has 3 N–H and O–H groups in total. The summed E-state index contributed by atoms with van der Waals surface area (Å²) in [6.45, 7) is 1.57. The van der Waals surface area contributed by atoms with E-state index in [0.717, 1.165) is 0 Å². The molecule has 5 heteroatoms. The van der Waals surface area contributed by atoms with Crippen LogP contribution in [0, 0.1) is 0 Å². The topological polar surface area (TPSA) is 75.7 Å². The molecular formula is C6H10N2O2S. The van der Waals surface area contributed by atoms with E-state index in [9.17, 15) is 4.79 Å². The summed E-state index contributed by atoms with van der Waals surface area (Å²) in [6, 6.07) is 0. The number of nitrogens with two attached hydrogens (primary N) is 1. The summed E-state index contributed by atoms with van der Waals surface area (Å²) in [5, 5.41) is 11.1. The molecule has 0 radical (unpaired) electrons. The monoisotopic (exact) mass is 174 g/mol. The third-order valence-corrected chi connectivity index (χ3v) is 1.72. The van der Waals surface area contributed by atoms with Crippen molar-refractivity contribution in [2.45, 2.75) is 6.92 Å². The largest absolute Gasteiger partial charge is 0.411 e. The average Bonchev–Trinajstić information content (AvgIpc) is 1.99. The van der Waals surface area contributed by atoms with Crippen LogP contribution in [0.1, 0.15) is 6.92 Å². The second-order valence-electron chi connectivity index (χ2n) is 1.82. The first kappa shape index (κ1) is 10.0. The first-order valence-electron chi connectivity index (χ1n) is 2.86. The van der Waals surface area contributed by atoms with E-state index < -0.39 is 5.91 Å². The highest BCUT2D eigenvalue weighted by molar-refractivity contribution is 8.03. The number of nitrogens with zero attached hydrogens (tertiary/aromatic N) is 1. The number of hydrogen-bond donors (Lipinski definition) is 2. The lowest BCUT2D eigenvalue weighted by atomic mass is 10.3. The lowest BCUT2D eigenvalue weighted by molar-refractivity contribution is -0.113. The van der Waals surface area contributed by atoms with Crippen molar-refractivity contribution in [3.05, 3.63) is 11.0 Å². The number of allylic oxidation sites excluding steroid dienone is 1. The SMILES string of the molecule is CSC(=CC(C)=NO)C(N)=O. The highest BCUT2D eigenvalue weighted by atomic mass is 32.2. The zero-order chi connectivity index (χ0) is 8.85. The van der Waals surface area contributed by atoms with Gasteiger partial charge in [-0.2, -0.15) is 0 Å². The van der Waals surface area contributed by atoms with Crippen molar-refractivity contribution in [2.75, 3.05) is 6.26 Å². The van der Waals surface area contributed by atoms with Crippen molar-refractivity contribution in [1.29, 1.82) is 0 Å². The van der Waals surface area contributed by atoms with Crippen molar-refractivity contribution in [3.8, 4) is 0 Å². The van der Waals surface area contributed by atoms with Crippen LogP contribution in [0.15, 0.2) is 16.1 Å². The molecule has 0 saturated heterocycles. The standard InChI is InChI=1S/C6H10N2O2S/c1-4(8-10)3-5(11-2)6(7)9/h3,10H,1-2H3,(H2,7,9). The van der Waals surface area contributed by atoms with Crippen molar-refractivity contribution >= 4 is 23.4 Å². The first-order valence-corrected chi connectivity index (χ1v) is 4.08. The van der Waals surface area contributed by atoms with E-state index in [1.54, 1.807) is 13.2 Å². The van der Waals surface area contributed by atoms with E-state index in [2.05, 4.69) is 5.16 Å². The zero-order valence-electron chi connectivity index (χ0n) is 6.37. The van der Waals surface area contributed by atoms with Crippen LogP contribution >= 0.6 is 11.8 Å². The van der Waals surface area contributed by atoms with Gasteiger partial charge in [-0.1, -0.05) is 5.16 Å². The summed E-state index contributed by atoms with van der Waals surface area (Å²) >= 11 is 1.22. The molecule has 0 bridgehead atoms. The number of carbonyl (C=O) groups is 1. The van der Waals surface area contributed by atoms with Crippen LogP contribution in [-0.4, -0.2) is 23.1 Å². The lowest BCUT2D eigenvalue weighted by Gasteiger charge is -1.95. The molecule has 0 heterocycles. The Kier molecular flexibility index (Phi) is 4.36. The maximum Gasteiger partial charge on any atom is 0.255 e. The summed E-state index contributed by atoms with van der Waals surface area (Å²) < 4.78 is 0. The molecule has 0 fully saturated rings. The van der Waals surface area contributed by atoms with E-state index in [-0.39, 0.29) is 0 Å². The van der Waals surface area contributed by atoms with E-state index in [4.69, 9.17) is 10.9 Å². The molecule has 0 aliphatic carbocycles. The minimum Gasteiger partial charge on any atom is -0.411 e. The molecule has 0 aromatic rings. The molecule has 0 unspecified atom stereocenters. The molecule has 1 amide bonds. The number of oxime groups is 1. The maximum atomic E-state index is 10.6. The molecule has 0 atom stereocenters. The second-order valence-corrected chi connectivity index (χ2v) is 2.67.